The van der Waals surface area contributed by atoms with Crippen LogP contribution in [0.1, 0.15) is 11.1 Å². The molecule has 5 nitrogen and oxygen atoms in total. The van der Waals surface area contributed by atoms with E-state index in [1.807, 2.05) is 0 Å². The molecule has 1 amide bonds. The van der Waals surface area contributed by atoms with E-state index in [-0.39, 0.29) is 29.5 Å². The number of hydrogen-bond donors (Lipinski definition) is 1. The molecule has 2 aromatic rings. The molecule has 7 heteroatoms. The summed E-state index contributed by atoms with van der Waals surface area (Å²) in [6, 6.07) is 9.08. The Bertz CT molecular complexity index is 940. The van der Waals surface area contributed by atoms with E-state index in [9.17, 15) is 17.6 Å². The highest BCUT2D eigenvalue weighted by molar-refractivity contribution is 7.92. The summed E-state index contributed by atoms with van der Waals surface area (Å²) in [5, 5.41) is 2.66. The molecule has 0 aliphatic carbocycles. The second kappa shape index (κ2) is 4.79. The Morgan fingerprint density at radius 3 is 2.78 bits per heavy atom. The van der Waals surface area contributed by atoms with Gasteiger partial charge in [-0.15, -0.1) is 0 Å². The molecule has 23 heavy (non-hydrogen) atoms. The SMILES string of the molecule is O=C1Cc2cc(S(=O)(=O)N3CCc4cccc(F)c43)ccc2N1. The first-order valence-corrected chi connectivity index (χ1v) is 8.64. The molecule has 4 rings (SSSR count). The molecule has 0 spiro atoms. The lowest BCUT2D eigenvalue weighted by atomic mass is 10.2. The molecule has 2 aliphatic rings. The minimum absolute atomic E-state index is 0.0730. The fourth-order valence-corrected chi connectivity index (χ4v) is 4.67. The summed E-state index contributed by atoms with van der Waals surface area (Å²) >= 11 is 0. The van der Waals surface area contributed by atoms with Gasteiger partial charge in [0.1, 0.15) is 5.82 Å². The van der Waals surface area contributed by atoms with Crippen molar-refractivity contribution in [1.29, 1.82) is 0 Å². The van der Waals surface area contributed by atoms with Gasteiger partial charge in [0.05, 0.1) is 17.0 Å². The average Bonchev–Trinajstić information content (AvgIpc) is 3.09. The lowest BCUT2D eigenvalue weighted by molar-refractivity contribution is -0.115. The topological polar surface area (TPSA) is 66.5 Å². The molecule has 2 aliphatic heterocycles. The van der Waals surface area contributed by atoms with Gasteiger partial charge in [-0.25, -0.2) is 12.8 Å². The first-order valence-electron chi connectivity index (χ1n) is 7.20. The maximum absolute atomic E-state index is 14.1. The lowest BCUT2D eigenvalue weighted by Crippen LogP contribution is -2.29. The minimum Gasteiger partial charge on any atom is -0.326 e. The molecule has 2 heterocycles. The van der Waals surface area contributed by atoms with Crippen molar-refractivity contribution in [2.75, 3.05) is 16.2 Å². The Hall–Kier alpha value is -2.41. The number of carbonyl (C=O) groups excluding carboxylic acids is 1. The van der Waals surface area contributed by atoms with Gasteiger partial charge in [0.25, 0.3) is 10.0 Å². The number of sulfonamides is 1. The van der Waals surface area contributed by atoms with Crippen LogP contribution in [0.5, 0.6) is 0 Å². The Morgan fingerprint density at radius 2 is 1.96 bits per heavy atom. The van der Waals surface area contributed by atoms with E-state index in [0.717, 1.165) is 4.31 Å². The molecule has 0 saturated carbocycles. The number of fused-ring (bicyclic) bond motifs is 2. The first-order chi connectivity index (χ1) is 11.0. The zero-order valence-corrected chi connectivity index (χ0v) is 12.9. The molecule has 0 atom stereocenters. The Labute approximate surface area is 132 Å². The van der Waals surface area contributed by atoms with Crippen LogP contribution in [0.15, 0.2) is 41.3 Å². The monoisotopic (exact) mass is 332 g/mol. The van der Waals surface area contributed by atoms with Crippen LogP contribution < -0.4 is 9.62 Å². The summed E-state index contributed by atoms with van der Waals surface area (Å²) < 4.78 is 41.0. The Morgan fingerprint density at radius 1 is 1.13 bits per heavy atom. The molecular formula is C16H13FN2O3S. The largest absolute Gasteiger partial charge is 0.326 e. The zero-order valence-electron chi connectivity index (χ0n) is 12.0. The molecule has 0 aromatic heterocycles. The number of rotatable bonds is 2. The van der Waals surface area contributed by atoms with Crippen LogP contribution in [0.25, 0.3) is 0 Å². The molecule has 0 unspecified atom stereocenters. The fourth-order valence-electron chi connectivity index (χ4n) is 3.11. The maximum Gasteiger partial charge on any atom is 0.264 e. The number of benzene rings is 2. The van der Waals surface area contributed by atoms with E-state index < -0.39 is 15.8 Å². The summed E-state index contributed by atoms with van der Waals surface area (Å²) in [6.07, 6.45) is 0.640. The van der Waals surface area contributed by atoms with Crippen molar-refractivity contribution in [3.8, 4) is 0 Å². The van der Waals surface area contributed by atoms with Crippen molar-refractivity contribution in [1.82, 2.24) is 0 Å². The van der Waals surface area contributed by atoms with Gasteiger partial charge in [0, 0.05) is 12.2 Å². The zero-order chi connectivity index (χ0) is 16.2. The summed E-state index contributed by atoms with van der Waals surface area (Å²) in [4.78, 5) is 11.5. The second-order valence-electron chi connectivity index (χ2n) is 5.62. The number of halogens is 1. The number of nitrogens with zero attached hydrogens (tertiary/aromatic N) is 1. The van der Waals surface area contributed by atoms with Gasteiger partial charge < -0.3 is 5.32 Å². The van der Waals surface area contributed by atoms with Crippen molar-refractivity contribution < 1.29 is 17.6 Å². The van der Waals surface area contributed by atoms with Crippen molar-refractivity contribution in [2.24, 2.45) is 0 Å². The average molecular weight is 332 g/mol. The van der Waals surface area contributed by atoms with E-state index in [2.05, 4.69) is 5.32 Å². The van der Waals surface area contributed by atoms with E-state index in [1.54, 1.807) is 18.2 Å². The van der Waals surface area contributed by atoms with E-state index in [4.69, 9.17) is 0 Å². The van der Waals surface area contributed by atoms with Gasteiger partial charge in [0.15, 0.2) is 0 Å². The summed E-state index contributed by atoms with van der Waals surface area (Å²) in [5.41, 5.74) is 2.08. The van der Waals surface area contributed by atoms with Crippen molar-refractivity contribution in [3.63, 3.8) is 0 Å². The standard InChI is InChI=1S/C16H13FN2O3S/c17-13-3-1-2-10-6-7-19(16(10)13)23(21,22)12-4-5-14-11(8-12)9-15(20)18-14/h1-5,8H,6-7,9H2,(H,18,20). The Balaban J connectivity index is 1.79. The quantitative estimate of drug-likeness (QED) is 0.915. The van der Waals surface area contributed by atoms with Gasteiger partial charge in [-0.2, -0.15) is 0 Å². The van der Waals surface area contributed by atoms with Gasteiger partial charge in [-0.1, -0.05) is 12.1 Å². The fraction of sp³-hybridized carbons (Fsp3) is 0.188. The van der Waals surface area contributed by atoms with Gasteiger partial charge in [0.2, 0.25) is 5.91 Å². The van der Waals surface area contributed by atoms with Crippen LogP contribution in [0.2, 0.25) is 0 Å². The van der Waals surface area contributed by atoms with Crippen LogP contribution in [0.4, 0.5) is 15.8 Å². The molecule has 0 bridgehead atoms. The van der Waals surface area contributed by atoms with E-state index in [0.29, 0.717) is 23.2 Å². The van der Waals surface area contributed by atoms with Crippen LogP contribution in [-0.4, -0.2) is 20.9 Å². The third-order valence-electron chi connectivity index (χ3n) is 4.19. The summed E-state index contributed by atoms with van der Waals surface area (Å²) in [7, 11) is -3.86. The van der Waals surface area contributed by atoms with Crippen molar-refractivity contribution in [3.05, 3.63) is 53.3 Å². The van der Waals surface area contributed by atoms with Crippen molar-refractivity contribution >= 4 is 27.3 Å². The van der Waals surface area contributed by atoms with Crippen LogP contribution in [-0.2, 0) is 27.7 Å². The van der Waals surface area contributed by atoms with Crippen LogP contribution >= 0.6 is 0 Å². The van der Waals surface area contributed by atoms with E-state index in [1.165, 1.54) is 18.2 Å². The normalized spacial score (nSPS) is 16.2. The second-order valence-corrected chi connectivity index (χ2v) is 7.48. The third kappa shape index (κ3) is 2.11. The molecule has 0 fully saturated rings. The highest BCUT2D eigenvalue weighted by atomic mass is 32.2. The van der Waals surface area contributed by atoms with Crippen molar-refractivity contribution in [2.45, 2.75) is 17.7 Å². The van der Waals surface area contributed by atoms with E-state index >= 15 is 0 Å². The minimum atomic E-state index is -3.86. The van der Waals surface area contributed by atoms with Gasteiger partial charge >= 0.3 is 0 Å². The summed E-state index contributed by atoms with van der Waals surface area (Å²) in [5.74, 6) is -0.700. The predicted octanol–water partition coefficient (Wildman–Crippen LogP) is 2.07. The van der Waals surface area contributed by atoms with Gasteiger partial charge in [-0.3, -0.25) is 9.10 Å². The lowest BCUT2D eigenvalue weighted by Gasteiger charge is -2.20. The molecule has 0 radical (unpaired) electrons. The summed E-state index contributed by atoms with van der Waals surface area (Å²) in [6.45, 7) is 0.215. The predicted molar refractivity (Wildman–Crippen MR) is 83.4 cm³/mol. The van der Waals surface area contributed by atoms with Crippen LogP contribution in [0.3, 0.4) is 0 Å². The molecule has 1 N–H and O–H groups in total. The molecule has 0 saturated heterocycles. The highest BCUT2D eigenvalue weighted by Gasteiger charge is 2.34. The number of para-hydroxylation sites is 1. The number of anilines is 2. The number of carbonyl (C=O) groups is 1. The highest BCUT2D eigenvalue weighted by Crippen LogP contribution is 2.36. The Kier molecular flexibility index (Phi) is 2.96. The number of nitrogens with one attached hydrogen (secondary N) is 1. The smallest absolute Gasteiger partial charge is 0.264 e. The van der Waals surface area contributed by atoms with Crippen LogP contribution in [0, 0.1) is 5.82 Å². The maximum atomic E-state index is 14.1. The third-order valence-corrected chi connectivity index (χ3v) is 5.99. The van der Waals surface area contributed by atoms with Gasteiger partial charge in [-0.05, 0) is 41.8 Å². The number of hydrogen-bond acceptors (Lipinski definition) is 3. The molecule has 118 valence electrons. The number of amides is 1. The first kappa shape index (κ1) is 14.2. The molecule has 2 aromatic carbocycles. The molecular weight excluding hydrogens is 319 g/mol.